The first-order valence-electron chi connectivity index (χ1n) is 9.66. The number of unbranched alkanes of at least 4 members (excludes halogenated alkanes) is 1. The Kier molecular flexibility index (Phi) is 5.08. The van der Waals surface area contributed by atoms with E-state index >= 15 is 0 Å². The van der Waals surface area contributed by atoms with Crippen LogP contribution in [-0.4, -0.2) is 0 Å². The van der Waals surface area contributed by atoms with E-state index in [1.807, 2.05) is 0 Å². The maximum atomic E-state index is 2.66. The summed E-state index contributed by atoms with van der Waals surface area (Å²) in [5.74, 6) is 0. The quantitative estimate of drug-likeness (QED) is 0.401. The Morgan fingerprint density at radius 3 is 2.22 bits per heavy atom. The van der Waals surface area contributed by atoms with Gasteiger partial charge in [0.25, 0.3) is 0 Å². The van der Waals surface area contributed by atoms with Gasteiger partial charge in [-0.3, -0.25) is 0 Å². The van der Waals surface area contributed by atoms with E-state index in [9.17, 15) is 0 Å². The van der Waals surface area contributed by atoms with Crippen LogP contribution < -0.4 is 0 Å². The van der Waals surface area contributed by atoms with Crippen molar-refractivity contribution in [3.8, 4) is 0 Å². The Bertz CT molecular complexity index is 607. The number of benzene rings is 1. The van der Waals surface area contributed by atoms with Crippen LogP contribution in [0.15, 0.2) is 18.2 Å². The van der Waals surface area contributed by atoms with E-state index in [4.69, 9.17) is 0 Å². The Labute approximate surface area is 151 Å². The van der Waals surface area contributed by atoms with Gasteiger partial charge in [-0.25, -0.2) is 0 Å². The van der Waals surface area contributed by atoms with Crippen molar-refractivity contribution >= 4 is 6.08 Å². The van der Waals surface area contributed by atoms with Crippen LogP contribution in [0.25, 0.3) is 6.08 Å². The van der Waals surface area contributed by atoms with Gasteiger partial charge in [0.2, 0.25) is 0 Å². The van der Waals surface area contributed by atoms with E-state index in [0.717, 1.165) is 0 Å². The Morgan fingerprint density at radius 2 is 1.65 bits per heavy atom. The molecule has 0 aliphatic heterocycles. The summed E-state index contributed by atoms with van der Waals surface area (Å²) in [6, 6.07) is 5.22. The van der Waals surface area contributed by atoms with Crippen molar-refractivity contribution in [1.29, 1.82) is 0 Å². The topological polar surface area (TPSA) is 0 Å². The summed E-state index contributed by atoms with van der Waals surface area (Å²) in [4.78, 5) is 0. The summed E-state index contributed by atoms with van der Waals surface area (Å²) in [6.45, 7) is 7.11. The molecule has 0 saturated carbocycles. The Balaban J connectivity index is 2.01. The molecule has 0 amide bonds. The molecule has 0 saturated heterocycles. The first-order chi connectivity index (χ1) is 11.0. The predicted molar refractivity (Wildman–Crippen MR) is 98.8 cm³/mol. The third kappa shape index (κ3) is 2.86. The van der Waals surface area contributed by atoms with E-state index in [0.29, 0.717) is 8.59 Å². The average Bonchev–Trinajstić information content (AvgIpc) is 3.09. The summed E-state index contributed by atoms with van der Waals surface area (Å²) in [5.41, 5.74) is 7.18. The summed E-state index contributed by atoms with van der Waals surface area (Å²) < 4.78 is 5.74. The molecule has 1 aromatic carbocycles. The van der Waals surface area contributed by atoms with Crippen LogP contribution in [0.5, 0.6) is 0 Å². The molecular weight excluding hydrogens is 443 g/mol. The second-order valence-electron chi connectivity index (χ2n) is 8.18. The minimum absolute atomic E-state index is 0.495. The molecule has 0 radical (unpaired) electrons. The van der Waals surface area contributed by atoms with E-state index in [1.165, 1.54) is 44.9 Å². The van der Waals surface area contributed by atoms with Crippen LogP contribution in [0.1, 0.15) is 75.1 Å². The molecule has 1 aromatic rings. The van der Waals surface area contributed by atoms with Crippen LogP contribution in [0.4, 0.5) is 0 Å². The molecule has 0 N–H and O–H groups in total. The summed E-state index contributed by atoms with van der Waals surface area (Å²) >= 11 is -1.57. The number of allylic oxidation sites excluding steroid dienone is 1. The molecule has 23 heavy (non-hydrogen) atoms. The van der Waals surface area contributed by atoms with Gasteiger partial charge in [-0.1, -0.05) is 0 Å². The van der Waals surface area contributed by atoms with Crippen LogP contribution in [-0.2, 0) is 37.5 Å². The minimum atomic E-state index is -1.57. The Morgan fingerprint density at radius 1 is 1.00 bits per heavy atom. The van der Waals surface area contributed by atoms with E-state index in [1.54, 1.807) is 22.3 Å². The van der Waals surface area contributed by atoms with Gasteiger partial charge >= 0.3 is 152 Å². The molecule has 2 aliphatic carbocycles. The van der Waals surface area contributed by atoms with Crippen molar-refractivity contribution in [1.82, 2.24) is 0 Å². The maximum absolute atomic E-state index is 2.66. The third-order valence-corrected chi connectivity index (χ3v) is 15.7. The van der Waals surface area contributed by atoms with Crippen LogP contribution in [0.2, 0.25) is 9.36 Å². The zero-order valence-corrected chi connectivity index (χ0v) is 19.4. The van der Waals surface area contributed by atoms with Gasteiger partial charge in [-0.2, -0.15) is 0 Å². The van der Waals surface area contributed by atoms with Gasteiger partial charge in [0.1, 0.15) is 0 Å². The van der Waals surface area contributed by atoms with Crippen molar-refractivity contribution in [2.24, 2.45) is 5.41 Å². The van der Waals surface area contributed by atoms with Crippen LogP contribution in [0, 0.1) is 5.41 Å². The van der Waals surface area contributed by atoms with Gasteiger partial charge in [0.05, 0.1) is 0 Å². The van der Waals surface area contributed by atoms with E-state index in [-0.39, 0.29) is 0 Å². The number of hydrogen-bond donors (Lipinski definition) is 0. The molecular formula is C22H33Hf. The third-order valence-electron chi connectivity index (χ3n) is 6.85. The SMILES string of the molecule is CCCC[C]1([Hf]([CH3])[CH3])C=Cc2cc3c(cc21)CC(CC)(CC)C3. The average molecular weight is 476 g/mol. The monoisotopic (exact) mass is 477 g/mol. The second kappa shape index (κ2) is 6.62. The van der Waals surface area contributed by atoms with Crippen LogP contribution >= 0.6 is 0 Å². The first-order valence-corrected chi connectivity index (χ1v) is 18.6. The fourth-order valence-electron chi connectivity index (χ4n) is 4.86. The zero-order chi connectivity index (χ0) is 16.7. The van der Waals surface area contributed by atoms with E-state index < -0.39 is 21.4 Å². The van der Waals surface area contributed by atoms with Gasteiger partial charge in [-0.15, -0.1) is 0 Å². The molecule has 1 heteroatoms. The number of rotatable bonds is 6. The van der Waals surface area contributed by atoms with Crippen LogP contribution in [0.3, 0.4) is 0 Å². The van der Waals surface area contributed by atoms with Crippen molar-refractivity contribution < 1.29 is 21.4 Å². The van der Waals surface area contributed by atoms with Gasteiger partial charge in [0.15, 0.2) is 0 Å². The van der Waals surface area contributed by atoms with Crippen molar-refractivity contribution in [2.75, 3.05) is 0 Å². The fraction of sp³-hybridized carbons (Fsp3) is 0.636. The second-order valence-corrected chi connectivity index (χ2v) is 18.6. The zero-order valence-electron chi connectivity index (χ0n) is 15.8. The molecule has 0 fully saturated rings. The van der Waals surface area contributed by atoms with Crippen molar-refractivity contribution in [2.45, 2.75) is 78.2 Å². The molecule has 0 aromatic heterocycles. The van der Waals surface area contributed by atoms with Crippen molar-refractivity contribution in [3.05, 3.63) is 40.5 Å². The molecule has 3 rings (SSSR count). The van der Waals surface area contributed by atoms with Gasteiger partial charge in [0, 0.05) is 0 Å². The fourth-order valence-corrected chi connectivity index (χ4v) is 11.5. The molecule has 0 nitrogen and oxygen atoms in total. The van der Waals surface area contributed by atoms with Gasteiger partial charge in [-0.05, 0) is 0 Å². The summed E-state index contributed by atoms with van der Waals surface area (Å²) in [6.07, 6.45) is 14.5. The molecule has 0 spiro atoms. The number of hydrogen-bond acceptors (Lipinski definition) is 0. The molecule has 0 bridgehead atoms. The summed E-state index contributed by atoms with van der Waals surface area (Å²) in [5, 5.41) is 0. The molecule has 2 aliphatic rings. The first kappa shape index (κ1) is 17.6. The van der Waals surface area contributed by atoms with Gasteiger partial charge < -0.3 is 0 Å². The molecule has 1 unspecified atom stereocenters. The standard InChI is InChI=1S/C20H27.2CH3.Hf/c1-4-7-8-15-9-10-16-11-17-13-20(5-2,6-3)14-18(17)12-19(15)16;;;/h9-12H,4-8,13-14H2,1-3H3;2*1H3;. The van der Waals surface area contributed by atoms with E-state index in [2.05, 4.69) is 54.4 Å². The molecule has 125 valence electrons. The predicted octanol–water partition coefficient (Wildman–Crippen LogP) is 6.72. The summed E-state index contributed by atoms with van der Waals surface area (Å²) in [7, 11) is 0. The molecule has 0 heterocycles. The number of fused-ring (bicyclic) bond motifs is 2. The molecule has 1 atom stereocenters. The normalized spacial score (nSPS) is 23.9. The van der Waals surface area contributed by atoms with Crippen molar-refractivity contribution in [3.63, 3.8) is 0 Å². The Hall–Kier alpha value is -0.170.